The van der Waals surface area contributed by atoms with Crippen LogP contribution in [0.3, 0.4) is 0 Å². The van der Waals surface area contributed by atoms with E-state index in [1.54, 1.807) is 0 Å². The van der Waals surface area contributed by atoms with E-state index in [-0.39, 0.29) is 0 Å². The van der Waals surface area contributed by atoms with Crippen molar-refractivity contribution in [2.75, 3.05) is 11.9 Å². The van der Waals surface area contributed by atoms with Crippen LogP contribution in [0.15, 0.2) is 30.3 Å². The molecular formula is C18H19N3. The maximum absolute atomic E-state index is 9.36. The molecule has 0 amide bonds. The molecule has 2 aromatic rings. The van der Waals surface area contributed by atoms with Crippen LogP contribution in [0.5, 0.6) is 0 Å². The van der Waals surface area contributed by atoms with Crippen LogP contribution in [0, 0.1) is 29.1 Å². The Morgan fingerprint density at radius 3 is 2.57 bits per heavy atom. The molecule has 2 aliphatic rings. The van der Waals surface area contributed by atoms with Gasteiger partial charge in [-0.25, -0.2) is 4.98 Å². The average Bonchev–Trinajstić information content (AvgIpc) is 3.39. The summed E-state index contributed by atoms with van der Waals surface area (Å²) in [7, 11) is 0. The van der Waals surface area contributed by atoms with Crippen molar-refractivity contribution in [3.63, 3.8) is 0 Å². The lowest BCUT2D eigenvalue weighted by Gasteiger charge is -2.17. The second-order valence-electron chi connectivity index (χ2n) is 6.41. The number of nitriles is 1. The minimum atomic E-state index is 0.652. The quantitative estimate of drug-likeness (QED) is 0.900. The number of anilines is 1. The van der Waals surface area contributed by atoms with Gasteiger partial charge in [0, 0.05) is 11.9 Å². The Bertz CT molecular complexity index is 696. The number of aromatic nitrogens is 1. The van der Waals surface area contributed by atoms with Crippen LogP contribution in [0.25, 0.3) is 10.9 Å². The zero-order valence-corrected chi connectivity index (χ0v) is 12.0. The number of rotatable bonds is 5. The topological polar surface area (TPSA) is 48.7 Å². The highest BCUT2D eigenvalue weighted by Crippen LogP contribution is 2.49. The first-order chi connectivity index (χ1) is 10.3. The number of pyridine rings is 1. The van der Waals surface area contributed by atoms with Crippen LogP contribution in [-0.4, -0.2) is 11.5 Å². The molecule has 0 radical (unpaired) electrons. The lowest BCUT2D eigenvalue weighted by Crippen LogP contribution is -2.19. The SMILES string of the molecule is N#Cc1cc2ccccc2nc1NCC(C1CC1)C1CC1. The molecule has 3 nitrogen and oxygen atoms in total. The lowest BCUT2D eigenvalue weighted by atomic mass is 9.98. The fourth-order valence-corrected chi connectivity index (χ4v) is 3.32. The van der Waals surface area contributed by atoms with Gasteiger partial charge in [-0.1, -0.05) is 18.2 Å². The molecule has 1 aromatic carbocycles. The summed E-state index contributed by atoms with van der Waals surface area (Å²) in [4.78, 5) is 4.64. The number of benzene rings is 1. The monoisotopic (exact) mass is 277 g/mol. The number of hydrogen-bond donors (Lipinski definition) is 1. The maximum atomic E-state index is 9.36. The molecule has 0 spiro atoms. The Morgan fingerprint density at radius 2 is 1.90 bits per heavy atom. The molecule has 0 saturated heterocycles. The fraction of sp³-hybridized carbons (Fsp3) is 0.444. The van der Waals surface area contributed by atoms with Crippen LogP contribution in [0.2, 0.25) is 0 Å². The van der Waals surface area contributed by atoms with Crippen molar-refractivity contribution >= 4 is 16.7 Å². The van der Waals surface area contributed by atoms with Crippen molar-refractivity contribution in [2.24, 2.45) is 17.8 Å². The van der Waals surface area contributed by atoms with Gasteiger partial charge in [-0.2, -0.15) is 5.26 Å². The van der Waals surface area contributed by atoms with E-state index in [2.05, 4.69) is 16.4 Å². The van der Waals surface area contributed by atoms with Gasteiger partial charge in [0.05, 0.1) is 11.1 Å². The molecule has 2 saturated carbocycles. The summed E-state index contributed by atoms with van der Waals surface area (Å²) < 4.78 is 0. The molecule has 4 rings (SSSR count). The standard InChI is InChI=1S/C18H19N3/c19-10-15-9-14-3-1-2-4-17(14)21-18(15)20-11-16(12-5-6-12)13-7-8-13/h1-4,9,12-13,16H,5-8,11H2,(H,20,21). The van der Waals surface area contributed by atoms with E-state index in [1.165, 1.54) is 25.7 Å². The van der Waals surface area contributed by atoms with Crippen molar-refractivity contribution in [2.45, 2.75) is 25.7 Å². The van der Waals surface area contributed by atoms with Crippen LogP contribution < -0.4 is 5.32 Å². The molecular weight excluding hydrogens is 258 g/mol. The summed E-state index contributed by atoms with van der Waals surface area (Å²) in [6.07, 6.45) is 5.55. The predicted octanol–water partition coefficient (Wildman–Crippen LogP) is 3.95. The van der Waals surface area contributed by atoms with E-state index in [1.807, 2.05) is 30.3 Å². The summed E-state index contributed by atoms with van der Waals surface area (Å²) in [5.41, 5.74) is 1.60. The van der Waals surface area contributed by atoms with Crippen molar-refractivity contribution in [1.82, 2.24) is 4.98 Å². The van der Waals surface area contributed by atoms with Gasteiger partial charge in [0.15, 0.2) is 0 Å². The van der Waals surface area contributed by atoms with Crippen LogP contribution in [-0.2, 0) is 0 Å². The molecule has 0 bridgehead atoms. The van der Waals surface area contributed by atoms with Gasteiger partial charge in [-0.3, -0.25) is 0 Å². The molecule has 2 aliphatic carbocycles. The van der Waals surface area contributed by atoms with Gasteiger partial charge in [-0.15, -0.1) is 0 Å². The zero-order chi connectivity index (χ0) is 14.2. The van der Waals surface area contributed by atoms with E-state index in [9.17, 15) is 5.26 Å². The Labute approximate surface area is 125 Å². The third kappa shape index (κ3) is 2.58. The smallest absolute Gasteiger partial charge is 0.144 e. The van der Waals surface area contributed by atoms with Crippen molar-refractivity contribution in [1.29, 1.82) is 5.26 Å². The van der Waals surface area contributed by atoms with Crippen LogP contribution in [0.1, 0.15) is 31.2 Å². The highest BCUT2D eigenvalue weighted by Gasteiger charge is 2.41. The maximum Gasteiger partial charge on any atom is 0.144 e. The highest BCUT2D eigenvalue weighted by atomic mass is 15.0. The van der Waals surface area contributed by atoms with Gasteiger partial charge in [0.25, 0.3) is 0 Å². The Balaban J connectivity index is 1.58. The number of nitrogens with zero attached hydrogens (tertiary/aromatic N) is 2. The summed E-state index contributed by atoms with van der Waals surface area (Å²) >= 11 is 0. The lowest BCUT2D eigenvalue weighted by molar-refractivity contribution is 0.428. The zero-order valence-electron chi connectivity index (χ0n) is 12.0. The summed E-state index contributed by atoms with van der Waals surface area (Å²) in [6, 6.07) is 12.2. The van der Waals surface area contributed by atoms with E-state index >= 15 is 0 Å². The molecule has 1 heterocycles. The Kier molecular flexibility index (Phi) is 3.03. The van der Waals surface area contributed by atoms with E-state index in [0.29, 0.717) is 5.56 Å². The Morgan fingerprint density at radius 1 is 1.19 bits per heavy atom. The molecule has 0 unspecified atom stereocenters. The number of para-hydroxylation sites is 1. The summed E-state index contributed by atoms with van der Waals surface area (Å²) in [6.45, 7) is 0.968. The third-order valence-electron chi connectivity index (χ3n) is 4.80. The first-order valence-corrected chi connectivity index (χ1v) is 7.89. The largest absolute Gasteiger partial charge is 0.369 e. The minimum absolute atomic E-state index is 0.652. The van der Waals surface area contributed by atoms with Crippen LogP contribution in [0.4, 0.5) is 5.82 Å². The van der Waals surface area contributed by atoms with E-state index < -0.39 is 0 Å². The van der Waals surface area contributed by atoms with Crippen LogP contribution >= 0.6 is 0 Å². The van der Waals surface area contributed by atoms with Gasteiger partial charge >= 0.3 is 0 Å². The molecule has 21 heavy (non-hydrogen) atoms. The van der Waals surface area contributed by atoms with Crippen molar-refractivity contribution in [3.05, 3.63) is 35.9 Å². The molecule has 1 aromatic heterocycles. The van der Waals surface area contributed by atoms with Crippen molar-refractivity contribution < 1.29 is 0 Å². The number of fused-ring (bicyclic) bond motifs is 1. The first kappa shape index (κ1) is 12.6. The van der Waals surface area contributed by atoms with Gasteiger partial charge in [0.2, 0.25) is 0 Å². The predicted molar refractivity (Wildman–Crippen MR) is 83.9 cm³/mol. The second-order valence-corrected chi connectivity index (χ2v) is 6.41. The Hall–Kier alpha value is -2.08. The van der Waals surface area contributed by atoms with Gasteiger partial charge in [0.1, 0.15) is 11.9 Å². The average molecular weight is 277 g/mol. The second kappa shape index (κ2) is 5.04. The van der Waals surface area contributed by atoms with Crippen molar-refractivity contribution in [3.8, 4) is 6.07 Å². The molecule has 1 N–H and O–H groups in total. The summed E-state index contributed by atoms with van der Waals surface area (Å²) in [5.74, 6) is 3.36. The van der Waals surface area contributed by atoms with E-state index in [0.717, 1.165) is 41.0 Å². The minimum Gasteiger partial charge on any atom is -0.369 e. The van der Waals surface area contributed by atoms with Gasteiger partial charge < -0.3 is 5.32 Å². The molecule has 3 heteroatoms. The van der Waals surface area contributed by atoms with E-state index in [4.69, 9.17) is 0 Å². The molecule has 0 atom stereocenters. The normalized spacial score (nSPS) is 17.9. The molecule has 0 aliphatic heterocycles. The highest BCUT2D eigenvalue weighted by molar-refractivity contribution is 5.82. The molecule has 2 fully saturated rings. The number of hydrogen-bond acceptors (Lipinski definition) is 3. The summed E-state index contributed by atoms with van der Waals surface area (Å²) in [5, 5.41) is 13.8. The van der Waals surface area contributed by atoms with Gasteiger partial charge in [-0.05, 0) is 55.6 Å². The third-order valence-corrected chi connectivity index (χ3v) is 4.80. The fourth-order valence-electron chi connectivity index (χ4n) is 3.32. The molecule has 106 valence electrons. The first-order valence-electron chi connectivity index (χ1n) is 7.89. The number of nitrogens with one attached hydrogen (secondary N) is 1.